The first-order valence-corrected chi connectivity index (χ1v) is 15.1. The molecule has 14 heteroatoms. The average Bonchev–Trinajstić information content (AvgIpc) is 2.97. The number of aliphatic imine (C=N–C) groups is 1. The van der Waals surface area contributed by atoms with E-state index in [0.29, 0.717) is 24.3 Å². The lowest BCUT2D eigenvalue weighted by Gasteiger charge is -2.25. The number of amides is 3. The number of hydrogen-bond donors (Lipinski definition) is 8. The molecule has 13 nitrogen and oxygen atoms in total. The second kappa shape index (κ2) is 18.3. The molecule has 0 aromatic heterocycles. The Bertz CT molecular complexity index is 1230. The van der Waals surface area contributed by atoms with Gasteiger partial charge in [0.2, 0.25) is 17.7 Å². The van der Waals surface area contributed by atoms with Gasteiger partial charge in [-0.15, -0.1) is 0 Å². The Hall–Kier alpha value is -4.30. The number of aromatic hydroxyl groups is 1. The molecule has 0 aliphatic rings. The topological polar surface area (TPSA) is 235 Å². The minimum Gasteiger partial charge on any atom is -0.508 e. The van der Waals surface area contributed by atoms with Gasteiger partial charge >= 0.3 is 5.97 Å². The summed E-state index contributed by atoms with van der Waals surface area (Å²) in [5.41, 5.74) is 18.0. The number of thioether (sulfide) groups is 1. The highest BCUT2D eigenvalue weighted by Gasteiger charge is 2.30. The number of carboxylic acids is 1. The molecule has 0 spiro atoms. The first-order chi connectivity index (χ1) is 20.5. The van der Waals surface area contributed by atoms with Crippen molar-refractivity contribution in [2.45, 2.75) is 56.3 Å². The smallest absolute Gasteiger partial charge is 0.326 e. The minimum absolute atomic E-state index is 0.0281. The van der Waals surface area contributed by atoms with Gasteiger partial charge in [-0.05, 0) is 54.5 Å². The number of hydrogen-bond acceptors (Lipinski definition) is 8. The summed E-state index contributed by atoms with van der Waals surface area (Å²) in [5.74, 6) is -2.58. The zero-order valence-corrected chi connectivity index (χ0v) is 24.9. The molecular weight excluding hydrogens is 574 g/mol. The second-order valence-corrected chi connectivity index (χ2v) is 10.9. The van der Waals surface area contributed by atoms with Crippen LogP contribution in [0.4, 0.5) is 0 Å². The maximum Gasteiger partial charge on any atom is 0.326 e. The van der Waals surface area contributed by atoms with Crippen molar-refractivity contribution in [3.63, 3.8) is 0 Å². The third kappa shape index (κ3) is 13.0. The van der Waals surface area contributed by atoms with Crippen molar-refractivity contribution in [3.05, 3.63) is 65.7 Å². The molecule has 2 aromatic rings. The number of benzene rings is 2. The summed E-state index contributed by atoms with van der Waals surface area (Å²) in [4.78, 5) is 55.6. The van der Waals surface area contributed by atoms with Crippen molar-refractivity contribution in [3.8, 4) is 5.75 Å². The van der Waals surface area contributed by atoms with E-state index in [0.717, 1.165) is 5.56 Å². The monoisotopic (exact) mass is 615 g/mol. The summed E-state index contributed by atoms with van der Waals surface area (Å²) < 4.78 is 0. The van der Waals surface area contributed by atoms with Crippen LogP contribution >= 0.6 is 11.8 Å². The summed E-state index contributed by atoms with van der Waals surface area (Å²) >= 11 is 1.48. The van der Waals surface area contributed by atoms with E-state index in [9.17, 15) is 29.4 Å². The first-order valence-electron chi connectivity index (χ1n) is 13.8. The molecular formula is C29H41N7O6S. The number of nitrogens with one attached hydrogen (secondary N) is 3. The number of rotatable bonds is 18. The van der Waals surface area contributed by atoms with Crippen LogP contribution in [0.25, 0.3) is 0 Å². The number of nitrogens with zero attached hydrogens (tertiary/aromatic N) is 1. The first kappa shape index (κ1) is 34.9. The molecule has 43 heavy (non-hydrogen) atoms. The highest BCUT2D eigenvalue weighted by Crippen LogP contribution is 2.12. The van der Waals surface area contributed by atoms with Crippen LogP contribution in [0.2, 0.25) is 0 Å². The third-order valence-electron chi connectivity index (χ3n) is 6.45. The van der Waals surface area contributed by atoms with Gasteiger partial charge in [-0.25, -0.2) is 4.79 Å². The summed E-state index contributed by atoms with van der Waals surface area (Å²) in [7, 11) is 0. The quantitative estimate of drug-likeness (QED) is 0.0627. The maximum absolute atomic E-state index is 13.4. The molecule has 0 aliphatic carbocycles. The van der Waals surface area contributed by atoms with Gasteiger partial charge in [-0.1, -0.05) is 42.5 Å². The molecule has 3 amide bonds. The maximum atomic E-state index is 13.4. The van der Waals surface area contributed by atoms with Gasteiger partial charge in [0.1, 0.15) is 23.9 Å². The fraction of sp³-hybridized carbons (Fsp3) is 0.414. The second-order valence-electron chi connectivity index (χ2n) is 9.92. The van der Waals surface area contributed by atoms with Crippen molar-refractivity contribution in [2.75, 3.05) is 18.6 Å². The van der Waals surface area contributed by atoms with Crippen molar-refractivity contribution >= 4 is 41.4 Å². The zero-order valence-electron chi connectivity index (χ0n) is 24.1. The molecule has 2 rings (SSSR count). The van der Waals surface area contributed by atoms with E-state index < -0.39 is 47.9 Å². The van der Waals surface area contributed by atoms with E-state index in [4.69, 9.17) is 17.2 Å². The minimum atomic E-state index is -1.30. The van der Waals surface area contributed by atoms with E-state index >= 15 is 0 Å². The number of carboxylic acid groups (broad SMARTS) is 1. The number of carbonyl (C=O) groups excluding carboxylic acids is 3. The summed E-state index contributed by atoms with van der Waals surface area (Å²) in [5, 5.41) is 27.2. The van der Waals surface area contributed by atoms with Crippen LogP contribution in [0.15, 0.2) is 59.6 Å². The van der Waals surface area contributed by atoms with Crippen molar-refractivity contribution in [1.82, 2.24) is 16.0 Å². The van der Waals surface area contributed by atoms with Crippen molar-refractivity contribution in [1.29, 1.82) is 0 Å². The van der Waals surface area contributed by atoms with E-state index in [1.165, 1.54) is 23.9 Å². The SMILES string of the molecule is CSCCC(NC(=O)C(N)CCCN=C(N)N)C(=O)NC(Cc1ccccc1)C(=O)NC(Cc1ccc(O)cc1)C(=O)O. The highest BCUT2D eigenvalue weighted by molar-refractivity contribution is 7.98. The lowest BCUT2D eigenvalue weighted by Crippen LogP contribution is -2.58. The predicted molar refractivity (Wildman–Crippen MR) is 166 cm³/mol. The van der Waals surface area contributed by atoms with Crippen LogP contribution in [-0.2, 0) is 32.0 Å². The van der Waals surface area contributed by atoms with Crippen LogP contribution in [0.1, 0.15) is 30.4 Å². The van der Waals surface area contributed by atoms with E-state index in [1.54, 1.807) is 36.4 Å². The van der Waals surface area contributed by atoms with Gasteiger partial charge < -0.3 is 43.4 Å². The molecule has 2 aromatic carbocycles. The van der Waals surface area contributed by atoms with Gasteiger partial charge in [0.05, 0.1) is 6.04 Å². The number of aliphatic carboxylic acids is 1. The molecule has 0 saturated heterocycles. The Morgan fingerprint density at radius 3 is 1.98 bits per heavy atom. The van der Waals surface area contributed by atoms with Crippen LogP contribution in [0.5, 0.6) is 5.75 Å². The average molecular weight is 616 g/mol. The summed E-state index contributed by atoms with van der Waals surface area (Å²) in [6.45, 7) is 0.306. The number of guanidine groups is 1. The standard InChI is InChI=1S/C29H41N7O6S/c1-43-15-13-22(34-25(38)21(30)8-5-14-33-29(31)32)26(39)35-23(16-18-6-3-2-4-7-18)27(40)36-24(28(41)42)17-19-9-11-20(37)12-10-19/h2-4,6-7,9-12,21-24,37H,5,8,13-17,30H2,1H3,(H,34,38)(H,35,39)(H,36,40)(H,41,42)(H4,31,32,33). The fourth-order valence-corrected chi connectivity index (χ4v) is 4.58. The molecule has 11 N–H and O–H groups in total. The normalized spacial score (nSPS) is 13.5. The Labute approximate surface area is 255 Å². The van der Waals surface area contributed by atoms with E-state index in [-0.39, 0.29) is 37.4 Å². The number of carbonyl (C=O) groups is 4. The van der Waals surface area contributed by atoms with Crippen LogP contribution in [-0.4, -0.2) is 82.6 Å². The molecule has 234 valence electrons. The Morgan fingerprint density at radius 2 is 1.37 bits per heavy atom. The van der Waals surface area contributed by atoms with E-state index in [1.807, 2.05) is 12.3 Å². The summed E-state index contributed by atoms with van der Waals surface area (Å²) in [6, 6.07) is 10.6. The Morgan fingerprint density at radius 1 is 0.814 bits per heavy atom. The lowest BCUT2D eigenvalue weighted by atomic mass is 10.0. The van der Waals surface area contributed by atoms with Crippen LogP contribution < -0.4 is 33.2 Å². The third-order valence-corrected chi connectivity index (χ3v) is 7.10. The number of phenolic OH excluding ortho intramolecular Hbond substituents is 1. The molecule has 0 fully saturated rings. The molecule has 0 radical (unpaired) electrons. The van der Waals surface area contributed by atoms with E-state index in [2.05, 4.69) is 20.9 Å². The molecule has 4 unspecified atom stereocenters. The Balaban J connectivity index is 2.18. The van der Waals surface area contributed by atoms with Crippen molar-refractivity contribution < 1.29 is 29.4 Å². The molecule has 4 atom stereocenters. The van der Waals surface area contributed by atoms with Crippen molar-refractivity contribution in [2.24, 2.45) is 22.2 Å². The van der Waals surface area contributed by atoms with Gasteiger partial charge in [0, 0.05) is 19.4 Å². The molecule has 0 bridgehead atoms. The highest BCUT2D eigenvalue weighted by atomic mass is 32.2. The number of nitrogens with two attached hydrogens (primary N) is 3. The molecule has 0 heterocycles. The van der Waals surface area contributed by atoms with Gasteiger partial charge in [0.25, 0.3) is 0 Å². The molecule has 0 saturated carbocycles. The molecule has 0 aliphatic heterocycles. The van der Waals surface area contributed by atoms with Crippen LogP contribution in [0.3, 0.4) is 0 Å². The Kier molecular flexibility index (Phi) is 14.8. The van der Waals surface area contributed by atoms with Crippen LogP contribution in [0, 0.1) is 0 Å². The van der Waals surface area contributed by atoms with Gasteiger partial charge in [-0.2, -0.15) is 11.8 Å². The van der Waals surface area contributed by atoms with Gasteiger partial charge in [-0.3, -0.25) is 19.4 Å². The van der Waals surface area contributed by atoms with Gasteiger partial charge in [0.15, 0.2) is 5.96 Å². The summed E-state index contributed by atoms with van der Waals surface area (Å²) in [6.07, 6.45) is 2.92. The number of phenols is 1. The lowest BCUT2D eigenvalue weighted by molar-refractivity contribution is -0.142. The predicted octanol–water partition coefficient (Wildman–Crippen LogP) is -0.150. The largest absolute Gasteiger partial charge is 0.508 e. The fourth-order valence-electron chi connectivity index (χ4n) is 4.11. The zero-order chi connectivity index (χ0) is 31.8.